The predicted molar refractivity (Wildman–Crippen MR) is 227 cm³/mol. The molecule has 8 nitrogen and oxygen atoms in total. The van der Waals surface area contributed by atoms with Gasteiger partial charge in [-0.05, 0) is 44.9 Å². The van der Waals surface area contributed by atoms with Crippen molar-refractivity contribution in [3.05, 3.63) is 36.5 Å². The maximum Gasteiger partial charge on any atom is 0.306 e. The SMILES string of the molecule is CC/C=C/C/C=C/C/C=C/CCCCC(=O)OCC(COCCC(C(=O)[O-])[N+](C)(C)C)OC(=O)CCCCCCCCCCCCCCCCCCCCC. The van der Waals surface area contributed by atoms with Gasteiger partial charge < -0.3 is 28.6 Å². The number of nitrogens with zero attached hydrogens (tertiary/aromatic N) is 1. The van der Waals surface area contributed by atoms with Crippen LogP contribution in [0.5, 0.6) is 0 Å². The van der Waals surface area contributed by atoms with Gasteiger partial charge in [0.1, 0.15) is 12.6 Å². The molecule has 0 aromatic rings. The van der Waals surface area contributed by atoms with Crippen molar-refractivity contribution in [3.63, 3.8) is 0 Å². The number of rotatable bonds is 40. The summed E-state index contributed by atoms with van der Waals surface area (Å²) >= 11 is 0. The van der Waals surface area contributed by atoms with E-state index in [1.807, 2.05) is 0 Å². The van der Waals surface area contributed by atoms with Gasteiger partial charge in [0.15, 0.2) is 6.10 Å². The highest BCUT2D eigenvalue weighted by atomic mass is 16.6. The van der Waals surface area contributed by atoms with Crippen LogP contribution in [0.25, 0.3) is 0 Å². The molecular formula is C47H85NO7. The first-order valence-electron chi connectivity index (χ1n) is 22.5. The maximum atomic E-state index is 12.7. The Kier molecular flexibility index (Phi) is 36.7. The summed E-state index contributed by atoms with van der Waals surface area (Å²) in [4.78, 5) is 36.8. The molecule has 2 unspecified atom stereocenters. The Morgan fingerprint density at radius 1 is 0.564 bits per heavy atom. The molecule has 8 heteroatoms. The highest BCUT2D eigenvalue weighted by molar-refractivity contribution is 5.70. The second-order valence-corrected chi connectivity index (χ2v) is 16.3. The average molecular weight is 776 g/mol. The van der Waals surface area contributed by atoms with Gasteiger partial charge in [-0.3, -0.25) is 9.59 Å². The highest BCUT2D eigenvalue weighted by Crippen LogP contribution is 2.16. The molecule has 0 aromatic heterocycles. The fourth-order valence-electron chi connectivity index (χ4n) is 6.56. The van der Waals surface area contributed by atoms with Crippen LogP contribution in [0.15, 0.2) is 36.5 Å². The summed E-state index contributed by atoms with van der Waals surface area (Å²) in [6.07, 6.45) is 43.2. The Morgan fingerprint density at radius 2 is 1.02 bits per heavy atom. The zero-order chi connectivity index (χ0) is 40.7. The molecule has 0 N–H and O–H groups in total. The molecule has 0 fully saturated rings. The number of allylic oxidation sites excluding steroid dienone is 6. The number of hydrogen-bond acceptors (Lipinski definition) is 7. The van der Waals surface area contributed by atoms with E-state index in [-0.39, 0.29) is 42.7 Å². The summed E-state index contributed by atoms with van der Waals surface area (Å²) in [6.45, 7) is 4.52. The summed E-state index contributed by atoms with van der Waals surface area (Å²) in [7, 11) is 5.40. The number of carbonyl (C=O) groups is 3. The zero-order valence-corrected chi connectivity index (χ0v) is 36.3. The topological polar surface area (TPSA) is 102 Å². The quantitative estimate of drug-likeness (QED) is 0.0264. The van der Waals surface area contributed by atoms with Gasteiger partial charge >= 0.3 is 11.9 Å². The predicted octanol–water partition coefficient (Wildman–Crippen LogP) is 10.9. The van der Waals surface area contributed by atoms with Crippen LogP contribution < -0.4 is 5.11 Å². The van der Waals surface area contributed by atoms with E-state index < -0.39 is 18.1 Å². The molecule has 0 rings (SSSR count). The third-order valence-electron chi connectivity index (χ3n) is 10.0. The molecule has 0 amide bonds. The fraction of sp³-hybridized carbons (Fsp3) is 0.809. The molecule has 0 aliphatic heterocycles. The van der Waals surface area contributed by atoms with Crippen molar-refractivity contribution >= 4 is 17.9 Å². The maximum absolute atomic E-state index is 12.7. The van der Waals surface area contributed by atoms with E-state index in [0.717, 1.165) is 57.8 Å². The number of carboxylic acids is 1. The van der Waals surface area contributed by atoms with Crippen molar-refractivity contribution in [1.29, 1.82) is 0 Å². The van der Waals surface area contributed by atoms with Gasteiger partial charge in [-0.2, -0.15) is 0 Å². The molecule has 0 heterocycles. The number of esters is 2. The normalized spacial score (nSPS) is 13.3. The van der Waals surface area contributed by atoms with Crippen molar-refractivity contribution in [2.75, 3.05) is 41.0 Å². The number of ether oxygens (including phenoxy) is 3. The van der Waals surface area contributed by atoms with Crippen LogP contribution in [-0.4, -0.2) is 75.5 Å². The standard InChI is InChI=1S/C47H85NO7/c1-6-8-10-12-14-16-18-20-21-22-23-24-25-26-28-30-32-34-36-38-46(50)55-43(41-53-40-39-44(47(51)52)48(3,4)5)42-54-45(49)37-35-33-31-29-27-19-17-15-13-11-9-7-2/h9,11,15,17,27,29,43-44H,6-8,10,12-14,16,18-26,28,30-42H2,1-5H3/b11-9+,17-15+,29-27+. The molecule has 0 saturated heterocycles. The number of carboxylic acid groups (broad SMARTS) is 1. The van der Waals surface area contributed by atoms with Gasteiger partial charge in [-0.15, -0.1) is 0 Å². The molecule has 0 radical (unpaired) electrons. The molecule has 0 spiro atoms. The molecule has 320 valence electrons. The number of carbonyl (C=O) groups excluding carboxylic acids is 3. The van der Waals surface area contributed by atoms with E-state index in [4.69, 9.17) is 14.2 Å². The Hall–Kier alpha value is -2.45. The van der Waals surface area contributed by atoms with Crippen molar-refractivity contribution in [2.45, 2.75) is 206 Å². The monoisotopic (exact) mass is 776 g/mol. The Morgan fingerprint density at radius 3 is 1.51 bits per heavy atom. The van der Waals surface area contributed by atoms with E-state index in [9.17, 15) is 19.5 Å². The minimum atomic E-state index is -1.13. The van der Waals surface area contributed by atoms with Crippen molar-refractivity contribution in [3.8, 4) is 0 Å². The Labute approximate surface area is 338 Å². The third-order valence-corrected chi connectivity index (χ3v) is 10.0. The van der Waals surface area contributed by atoms with Gasteiger partial charge in [-0.25, -0.2) is 0 Å². The van der Waals surface area contributed by atoms with Gasteiger partial charge in [0.05, 0.1) is 40.3 Å². The molecule has 0 bridgehead atoms. The minimum absolute atomic E-state index is 0.0310. The van der Waals surface area contributed by atoms with Crippen molar-refractivity contribution < 1.29 is 38.2 Å². The van der Waals surface area contributed by atoms with Crippen LogP contribution in [0.3, 0.4) is 0 Å². The van der Waals surface area contributed by atoms with Gasteiger partial charge in [-0.1, -0.05) is 166 Å². The summed E-state index contributed by atoms with van der Waals surface area (Å²) in [5, 5.41) is 11.6. The zero-order valence-electron chi connectivity index (χ0n) is 36.3. The molecule has 0 aliphatic carbocycles. The average Bonchev–Trinajstić information content (AvgIpc) is 3.14. The molecule has 0 saturated carbocycles. The Bertz CT molecular complexity index is 1000. The molecule has 55 heavy (non-hydrogen) atoms. The van der Waals surface area contributed by atoms with E-state index in [2.05, 4.69) is 50.3 Å². The van der Waals surface area contributed by atoms with Crippen LogP contribution in [0.1, 0.15) is 194 Å². The number of likely N-dealkylation sites (N-methyl/N-ethyl adjacent to an activating group) is 1. The number of hydrogen-bond donors (Lipinski definition) is 0. The first kappa shape index (κ1) is 52.6. The minimum Gasteiger partial charge on any atom is -0.544 e. The number of aliphatic carboxylic acids is 1. The van der Waals surface area contributed by atoms with Gasteiger partial charge in [0, 0.05) is 19.3 Å². The molecule has 2 atom stereocenters. The fourth-order valence-corrected chi connectivity index (χ4v) is 6.56. The smallest absolute Gasteiger partial charge is 0.306 e. The summed E-state index contributed by atoms with van der Waals surface area (Å²) in [6, 6.07) is -0.729. The Balaban J connectivity index is 4.30. The van der Waals surface area contributed by atoms with Crippen LogP contribution in [0.2, 0.25) is 0 Å². The van der Waals surface area contributed by atoms with Crippen molar-refractivity contribution in [1.82, 2.24) is 0 Å². The first-order chi connectivity index (χ1) is 26.6. The lowest BCUT2D eigenvalue weighted by atomic mass is 10.0. The summed E-state index contributed by atoms with van der Waals surface area (Å²) < 4.78 is 17.1. The second-order valence-electron chi connectivity index (χ2n) is 16.3. The molecular weight excluding hydrogens is 691 g/mol. The van der Waals surface area contributed by atoms with E-state index in [0.29, 0.717) is 12.8 Å². The van der Waals surface area contributed by atoms with Gasteiger partial charge in [0.2, 0.25) is 0 Å². The van der Waals surface area contributed by atoms with Crippen LogP contribution in [-0.2, 0) is 28.6 Å². The van der Waals surface area contributed by atoms with Crippen molar-refractivity contribution in [2.24, 2.45) is 0 Å². The second kappa shape index (κ2) is 38.4. The van der Waals surface area contributed by atoms with Crippen LogP contribution >= 0.6 is 0 Å². The number of quaternary nitrogens is 1. The highest BCUT2D eigenvalue weighted by Gasteiger charge is 2.25. The largest absolute Gasteiger partial charge is 0.544 e. The summed E-state index contributed by atoms with van der Waals surface area (Å²) in [5.41, 5.74) is 0. The summed E-state index contributed by atoms with van der Waals surface area (Å²) in [5.74, 6) is -1.78. The third kappa shape index (κ3) is 36.9. The number of unbranched alkanes of at least 4 members (excludes halogenated alkanes) is 20. The molecule has 0 aliphatic rings. The van der Waals surface area contributed by atoms with E-state index >= 15 is 0 Å². The van der Waals surface area contributed by atoms with Crippen LogP contribution in [0.4, 0.5) is 0 Å². The first-order valence-corrected chi connectivity index (χ1v) is 22.5. The van der Waals surface area contributed by atoms with Gasteiger partial charge in [0.25, 0.3) is 0 Å². The lowest BCUT2D eigenvalue weighted by Gasteiger charge is -2.34. The van der Waals surface area contributed by atoms with E-state index in [1.54, 1.807) is 21.1 Å². The lowest BCUT2D eigenvalue weighted by molar-refractivity contribution is -0.889. The van der Waals surface area contributed by atoms with E-state index in [1.165, 1.54) is 103 Å². The molecule has 0 aromatic carbocycles. The van der Waals surface area contributed by atoms with Crippen LogP contribution in [0, 0.1) is 0 Å². The lowest BCUT2D eigenvalue weighted by Crippen LogP contribution is -2.55.